The first-order valence-corrected chi connectivity index (χ1v) is 5.66. The van der Waals surface area contributed by atoms with Crippen LogP contribution in [0.15, 0.2) is 30.7 Å². The van der Waals surface area contributed by atoms with E-state index >= 15 is 0 Å². The monoisotopic (exact) mass is 254 g/mol. The van der Waals surface area contributed by atoms with E-state index in [0.717, 1.165) is 10.9 Å². The highest BCUT2D eigenvalue weighted by Crippen LogP contribution is 2.41. The second-order valence-corrected chi connectivity index (χ2v) is 4.38. The maximum absolute atomic E-state index is 13.5. The maximum atomic E-state index is 13.5. The highest BCUT2D eigenvalue weighted by molar-refractivity contribution is 5.78. The number of ether oxygens (including phenoxy) is 1. The minimum absolute atomic E-state index is 0.426. The van der Waals surface area contributed by atoms with Gasteiger partial charge in [0.1, 0.15) is 12.3 Å². The molecule has 0 spiro atoms. The third-order valence-corrected chi connectivity index (χ3v) is 3.24. The number of aromatic nitrogens is 2. The van der Waals surface area contributed by atoms with Gasteiger partial charge in [0.25, 0.3) is 5.92 Å². The van der Waals surface area contributed by atoms with Gasteiger partial charge in [-0.05, 0) is 12.1 Å². The van der Waals surface area contributed by atoms with Crippen molar-refractivity contribution in [1.82, 2.24) is 9.55 Å². The predicted octanol–water partition coefficient (Wildman–Crippen LogP) is 1.95. The topological polar surface area (TPSA) is 47.3 Å². The molecule has 96 valence electrons. The molecule has 1 aliphatic rings. The molecule has 3 rings (SSSR count). The average molecular weight is 254 g/mol. The molecule has 1 fully saturated rings. The molecule has 2 atom stereocenters. The van der Waals surface area contributed by atoms with Crippen LogP contribution in [0.2, 0.25) is 0 Å². The van der Waals surface area contributed by atoms with E-state index in [1.807, 2.05) is 0 Å². The van der Waals surface area contributed by atoms with Gasteiger partial charge in [-0.1, -0.05) is 0 Å². The first-order chi connectivity index (χ1) is 8.62. The first kappa shape index (κ1) is 11.6. The summed E-state index contributed by atoms with van der Waals surface area (Å²) in [4.78, 5) is 3.97. The molecule has 0 aromatic carbocycles. The van der Waals surface area contributed by atoms with Gasteiger partial charge in [-0.25, -0.2) is 8.78 Å². The number of nitrogens with zero attached hydrogens (tertiary/aromatic N) is 2. The maximum Gasteiger partial charge on any atom is 0.280 e. The highest BCUT2D eigenvalue weighted by atomic mass is 19.3. The smallest absolute Gasteiger partial charge is 0.280 e. The Morgan fingerprint density at radius 1 is 1.50 bits per heavy atom. The number of pyridine rings is 1. The van der Waals surface area contributed by atoms with Gasteiger partial charge in [-0.15, -0.1) is 0 Å². The predicted molar refractivity (Wildman–Crippen MR) is 60.3 cm³/mol. The largest absolute Gasteiger partial charge is 0.393 e. The molecule has 0 unspecified atom stereocenters. The summed E-state index contributed by atoms with van der Waals surface area (Å²) >= 11 is 0. The van der Waals surface area contributed by atoms with E-state index in [-0.39, 0.29) is 0 Å². The standard InChI is InChI=1S/C12H12F2N2O2/c13-12(14)5-11(18-10(12)7-17)16-4-2-8-6-15-3-1-9(8)16/h1-4,6,10-11,17H,5,7H2/t10-,11-/m1/s1. The number of hydrogen-bond donors (Lipinski definition) is 1. The van der Waals surface area contributed by atoms with E-state index in [2.05, 4.69) is 4.98 Å². The molecule has 0 saturated carbocycles. The lowest BCUT2D eigenvalue weighted by Gasteiger charge is -2.14. The Hall–Kier alpha value is -1.53. The molecule has 2 aromatic heterocycles. The van der Waals surface area contributed by atoms with Crippen LogP contribution in [0.25, 0.3) is 10.9 Å². The minimum Gasteiger partial charge on any atom is -0.393 e. The molecule has 18 heavy (non-hydrogen) atoms. The second-order valence-electron chi connectivity index (χ2n) is 4.38. The molecule has 0 radical (unpaired) electrons. The summed E-state index contributed by atoms with van der Waals surface area (Å²) in [5.41, 5.74) is 0.796. The van der Waals surface area contributed by atoms with Crippen LogP contribution in [-0.2, 0) is 4.74 Å². The third kappa shape index (κ3) is 1.69. The summed E-state index contributed by atoms with van der Waals surface area (Å²) in [6.45, 7) is -0.676. The summed E-state index contributed by atoms with van der Waals surface area (Å²) < 4.78 is 34.0. The molecular weight excluding hydrogens is 242 g/mol. The Kier molecular flexibility index (Phi) is 2.57. The molecule has 1 saturated heterocycles. The number of fused-ring (bicyclic) bond motifs is 1. The number of hydrogen-bond acceptors (Lipinski definition) is 3. The molecule has 4 nitrogen and oxygen atoms in total. The van der Waals surface area contributed by atoms with Gasteiger partial charge in [-0.2, -0.15) is 0 Å². The lowest BCUT2D eigenvalue weighted by molar-refractivity contribution is -0.101. The van der Waals surface area contributed by atoms with Crippen LogP contribution in [0.1, 0.15) is 12.6 Å². The van der Waals surface area contributed by atoms with Crippen molar-refractivity contribution in [3.05, 3.63) is 30.7 Å². The number of halogens is 2. The summed E-state index contributed by atoms with van der Waals surface area (Å²) in [7, 11) is 0. The summed E-state index contributed by atoms with van der Waals surface area (Å²) in [6.07, 6.45) is 2.37. The second kappa shape index (κ2) is 4.00. The fourth-order valence-corrected chi connectivity index (χ4v) is 2.30. The zero-order chi connectivity index (χ0) is 12.8. The fourth-order valence-electron chi connectivity index (χ4n) is 2.30. The molecule has 1 aliphatic heterocycles. The Morgan fingerprint density at radius 3 is 3.06 bits per heavy atom. The van der Waals surface area contributed by atoms with E-state index in [0.29, 0.717) is 0 Å². The molecule has 2 aromatic rings. The van der Waals surface area contributed by atoms with Gasteiger partial charge in [0.05, 0.1) is 18.5 Å². The Balaban J connectivity index is 1.97. The van der Waals surface area contributed by atoms with Gasteiger partial charge in [0.2, 0.25) is 0 Å². The number of aliphatic hydroxyl groups is 1. The quantitative estimate of drug-likeness (QED) is 0.891. The van der Waals surface area contributed by atoms with Crippen LogP contribution in [0.4, 0.5) is 8.78 Å². The molecule has 3 heterocycles. The van der Waals surface area contributed by atoms with Crippen LogP contribution >= 0.6 is 0 Å². The minimum atomic E-state index is -3.00. The number of aliphatic hydroxyl groups excluding tert-OH is 1. The first-order valence-electron chi connectivity index (χ1n) is 5.66. The average Bonchev–Trinajstić information content (AvgIpc) is 2.89. The summed E-state index contributed by atoms with van der Waals surface area (Å²) in [5.74, 6) is -3.00. The van der Waals surface area contributed by atoms with Crippen molar-refractivity contribution >= 4 is 10.9 Å². The van der Waals surface area contributed by atoms with Crippen molar-refractivity contribution in [3.8, 4) is 0 Å². The Bertz CT molecular complexity index is 570. The zero-order valence-electron chi connectivity index (χ0n) is 9.46. The summed E-state index contributed by atoms with van der Waals surface area (Å²) in [6, 6.07) is 3.55. The van der Waals surface area contributed by atoms with Crippen molar-refractivity contribution in [2.45, 2.75) is 24.7 Å². The molecule has 0 aliphatic carbocycles. The van der Waals surface area contributed by atoms with Crippen molar-refractivity contribution in [2.75, 3.05) is 6.61 Å². The lowest BCUT2D eigenvalue weighted by atomic mass is 10.1. The van der Waals surface area contributed by atoms with E-state index < -0.39 is 31.3 Å². The van der Waals surface area contributed by atoms with Gasteiger partial charge in [-0.3, -0.25) is 4.98 Å². The van der Waals surface area contributed by atoms with Crippen LogP contribution < -0.4 is 0 Å². The highest BCUT2D eigenvalue weighted by Gasteiger charge is 2.50. The Labute approximate surface area is 102 Å². The van der Waals surface area contributed by atoms with Crippen LogP contribution in [0, 0.1) is 0 Å². The lowest BCUT2D eigenvalue weighted by Crippen LogP contribution is -2.31. The molecular formula is C12H12F2N2O2. The van der Waals surface area contributed by atoms with Crippen LogP contribution in [0.3, 0.4) is 0 Å². The van der Waals surface area contributed by atoms with Gasteiger partial charge >= 0.3 is 0 Å². The van der Waals surface area contributed by atoms with E-state index in [4.69, 9.17) is 9.84 Å². The van der Waals surface area contributed by atoms with Crippen LogP contribution in [0.5, 0.6) is 0 Å². The van der Waals surface area contributed by atoms with E-state index in [1.54, 1.807) is 35.3 Å². The molecule has 0 amide bonds. The normalized spacial score (nSPS) is 26.8. The van der Waals surface area contributed by atoms with Gasteiger partial charge in [0, 0.05) is 24.0 Å². The number of alkyl halides is 2. The van der Waals surface area contributed by atoms with E-state index in [1.165, 1.54) is 0 Å². The van der Waals surface area contributed by atoms with Crippen molar-refractivity contribution < 1.29 is 18.6 Å². The van der Waals surface area contributed by atoms with Gasteiger partial charge in [0.15, 0.2) is 0 Å². The zero-order valence-corrected chi connectivity index (χ0v) is 9.46. The van der Waals surface area contributed by atoms with Crippen molar-refractivity contribution in [3.63, 3.8) is 0 Å². The Morgan fingerprint density at radius 2 is 2.33 bits per heavy atom. The molecule has 0 bridgehead atoms. The third-order valence-electron chi connectivity index (χ3n) is 3.24. The SMILES string of the molecule is OC[C@H]1O[C@@H](n2ccc3cnccc32)CC1(F)F. The molecule has 1 N–H and O–H groups in total. The number of rotatable bonds is 2. The van der Waals surface area contributed by atoms with Crippen molar-refractivity contribution in [1.29, 1.82) is 0 Å². The van der Waals surface area contributed by atoms with Gasteiger partial charge < -0.3 is 14.4 Å². The van der Waals surface area contributed by atoms with Crippen molar-refractivity contribution in [2.24, 2.45) is 0 Å². The van der Waals surface area contributed by atoms with E-state index in [9.17, 15) is 8.78 Å². The fraction of sp³-hybridized carbons (Fsp3) is 0.417. The summed E-state index contributed by atoms with van der Waals surface area (Å²) in [5, 5.41) is 9.78. The van der Waals surface area contributed by atoms with Crippen LogP contribution in [-0.4, -0.2) is 33.3 Å². The molecule has 6 heteroatoms.